The van der Waals surface area contributed by atoms with Crippen molar-refractivity contribution in [2.45, 2.75) is 26.8 Å². The van der Waals surface area contributed by atoms with Gasteiger partial charge in [-0.15, -0.1) is 0 Å². The van der Waals surface area contributed by atoms with E-state index < -0.39 is 0 Å². The van der Waals surface area contributed by atoms with Gasteiger partial charge in [0.1, 0.15) is 5.75 Å². The van der Waals surface area contributed by atoms with Crippen LogP contribution in [-0.4, -0.2) is 40.6 Å². The van der Waals surface area contributed by atoms with Gasteiger partial charge in [-0.05, 0) is 25.5 Å². The van der Waals surface area contributed by atoms with Crippen LogP contribution in [0.2, 0.25) is 0 Å². The maximum Gasteiger partial charge on any atom is 0.222 e. The lowest BCUT2D eigenvalue weighted by molar-refractivity contribution is -0.127. The molecule has 0 spiro atoms. The summed E-state index contributed by atoms with van der Waals surface area (Å²) in [6, 6.07) is 16.5. The van der Waals surface area contributed by atoms with E-state index in [2.05, 4.69) is 34.9 Å². The summed E-state index contributed by atoms with van der Waals surface area (Å²) in [4.78, 5) is 18.9. The van der Waals surface area contributed by atoms with Crippen LogP contribution in [0.25, 0.3) is 22.5 Å². The van der Waals surface area contributed by atoms with E-state index in [0.717, 1.165) is 53.5 Å². The van der Waals surface area contributed by atoms with E-state index in [-0.39, 0.29) is 5.91 Å². The van der Waals surface area contributed by atoms with Crippen LogP contribution < -0.4 is 4.74 Å². The SMILES string of the molecule is CCN1CC(Cn2cnc(-c3ccccc3)c2-c2ccc(C)c(OC)c2)CC1=O. The second-order valence-electron chi connectivity index (χ2n) is 7.65. The smallest absolute Gasteiger partial charge is 0.222 e. The van der Waals surface area contributed by atoms with E-state index in [9.17, 15) is 4.79 Å². The lowest BCUT2D eigenvalue weighted by Crippen LogP contribution is -2.25. The third-order valence-corrected chi connectivity index (χ3v) is 5.70. The van der Waals surface area contributed by atoms with Gasteiger partial charge in [-0.25, -0.2) is 4.98 Å². The Labute approximate surface area is 171 Å². The second-order valence-corrected chi connectivity index (χ2v) is 7.65. The van der Waals surface area contributed by atoms with Crippen molar-refractivity contribution in [2.75, 3.05) is 20.2 Å². The van der Waals surface area contributed by atoms with Crippen molar-refractivity contribution in [1.82, 2.24) is 14.5 Å². The molecule has 1 aromatic heterocycles. The molecule has 29 heavy (non-hydrogen) atoms. The van der Waals surface area contributed by atoms with Gasteiger partial charge < -0.3 is 14.2 Å². The zero-order valence-corrected chi connectivity index (χ0v) is 17.3. The van der Waals surface area contributed by atoms with Gasteiger partial charge in [0.05, 0.1) is 24.8 Å². The van der Waals surface area contributed by atoms with Crippen molar-refractivity contribution in [1.29, 1.82) is 0 Å². The van der Waals surface area contributed by atoms with Crippen LogP contribution >= 0.6 is 0 Å². The van der Waals surface area contributed by atoms with E-state index in [4.69, 9.17) is 9.72 Å². The molecule has 2 heterocycles. The lowest BCUT2D eigenvalue weighted by Gasteiger charge is -2.17. The van der Waals surface area contributed by atoms with Gasteiger partial charge in [0.25, 0.3) is 0 Å². The summed E-state index contributed by atoms with van der Waals surface area (Å²) in [6.07, 6.45) is 2.51. The molecule has 1 atom stereocenters. The number of carbonyl (C=O) groups is 1. The van der Waals surface area contributed by atoms with Gasteiger partial charge in [-0.1, -0.05) is 42.5 Å². The number of nitrogens with zero attached hydrogens (tertiary/aromatic N) is 3. The number of hydrogen-bond donors (Lipinski definition) is 0. The number of aryl methyl sites for hydroxylation is 1. The summed E-state index contributed by atoms with van der Waals surface area (Å²) < 4.78 is 7.76. The van der Waals surface area contributed by atoms with E-state index in [1.165, 1.54) is 0 Å². The minimum Gasteiger partial charge on any atom is -0.496 e. The highest BCUT2D eigenvalue weighted by atomic mass is 16.5. The van der Waals surface area contributed by atoms with E-state index in [0.29, 0.717) is 12.3 Å². The van der Waals surface area contributed by atoms with Crippen molar-refractivity contribution in [3.8, 4) is 28.3 Å². The maximum atomic E-state index is 12.2. The Hall–Kier alpha value is -3.08. The van der Waals surface area contributed by atoms with Gasteiger partial charge in [-0.3, -0.25) is 4.79 Å². The molecule has 5 nitrogen and oxygen atoms in total. The number of rotatable bonds is 6. The fraction of sp³-hybridized carbons (Fsp3) is 0.333. The average Bonchev–Trinajstić information content (AvgIpc) is 3.32. The Morgan fingerprint density at radius 1 is 1.14 bits per heavy atom. The van der Waals surface area contributed by atoms with Crippen LogP contribution in [0.4, 0.5) is 0 Å². The normalized spacial score (nSPS) is 16.4. The largest absolute Gasteiger partial charge is 0.496 e. The Morgan fingerprint density at radius 2 is 1.93 bits per heavy atom. The molecule has 0 radical (unpaired) electrons. The second kappa shape index (κ2) is 8.11. The van der Waals surface area contributed by atoms with Gasteiger partial charge in [0.2, 0.25) is 5.91 Å². The monoisotopic (exact) mass is 389 g/mol. The van der Waals surface area contributed by atoms with Crippen LogP contribution in [0, 0.1) is 12.8 Å². The van der Waals surface area contributed by atoms with Crippen LogP contribution in [0.1, 0.15) is 18.9 Å². The summed E-state index contributed by atoms with van der Waals surface area (Å²) in [7, 11) is 1.70. The van der Waals surface area contributed by atoms with Crippen molar-refractivity contribution in [2.24, 2.45) is 5.92 Å². The first-order valence-corrected chi connectivity index (χ1v) is 10.1. The third kappa shape index (κ3) is 3.77. The minimum absolute atomic E-state index is 0.249. The summed E-state index contributed by atoms with van der Waals surface area (Å²) in [5.41, 5.74) is 5.27. The number of methoxy groups -OCH3 is 1. The summed E-state index contributed by atoms with van der Waals surface area (Å²) in [5, 5.41) is 0. The van der Waals surface area contributed by atoms with Crippen molar-refractivity contribution >= 4 is 5.91 Å². The zero-order valence-electron chi connectivity index (χ0n) is 17.3. The average molecular weight is 389 g/mol. The molecule has 0 bridgehead atoms. The number of carbonyl (C=O) groups excluding carboxylic acids is 1. The summed E-state index contributed by atoms with van der Waals surface area (Å²) >= 11 is 0. The standard InChI is InChI=1S/C24H27N3O2/c1-4-26-14-18(12-22(26)28)15-27-16-25-23(19-8-6-5-7-9-19)24(27)20-11-10-17(2)21(13-20)29-3/h5-11,13,16,18H,4,12,14-15H2,1-3H3. The number of ether oxygens (including phenoxy) is 1. The molecule has 150 valence electrons. The molecule has 0 aliphatic carbocycles. The number of imidazole rings is 1. The molecule has 1 aliphatic heterocycles. The van der Waals surface area contributed by atoms with Crippen molar-refractivity contribution in [3.05, 3.63) is 60.4 Å². The van der Waals surface area contributed by atoms with E-state index in [1.54, 1.807) is 7.11 Å². The molecule has 4 rings (SSSR count). The van der Waals surface area contributed by atoms with Crippen LogP contribution in [0.5, 0.6) is 5.75 Å². The van der Waals surface area contributed by atoms with Gasteiger partial charge in [-0.2, -0.15) is 0 Å². The topological polar surface area (TPSA) is 47.4 Å². The van der Waals surface area contributed by atoms with E-state index in [1.807, 2.05) is 43.3 Å². The number of amides is 1. The predicted molar refractivity (Wildman–Crippen MR) is 115 cm³/mol. The van der Waals surface area contributed by atoms with Crippen molar-refractivity contribution in [3.63, 3.8) is 0 Å². The first-order valence-electron chi connectivity index (χ1n) is 10.1. The fourth-order valence-electron chi connectivity index (χ4n) is 4.16. The number of aromatic nitrogens is 2. The molecular weight excluding hydrogens is 362 g/mol. The Bertz CT molecular complexity index is 1010. The van der Waals surface area contributed by atoms with Gasteiger partial charge in [0, 0.05) is 43.1 Å². The zero-order chi connectivity index (χ0) is 20.4. The van der Waals surface area contributed by atoms with E-state index >= 15 is 0 Å². The van der Waals surface area contributed by atoms with Crippen LogP contribution in [0.3, 0.4) is 0 Å². The third-order valence-electron chi connectivity index (χ3n) is 5.70. The molecule has 3 aromatic rings. The molecule has 2 aromatic carbocycles. The Balaban J connectivity index is 1.76. The minimum atomic E-state index is 0.249. The van der Waals surface area contributed by atoms with Crippen LogP contribution in [-0.2, 0) is 11.3 Å². The quantitative estimate of drug-likeness (QED) is 0.628. The molecule has 5 heteroatoms. The summed E-state index contributed by atoms with van der Waals surface area (Å²) in [5.74, 6) is 1.41. The number of likely N-dealkylation sites (tertiary alicyclic amines) is 1. The predicted octanol–water partition coefficient (Wildman–Crippen LogP) is 4.40. The lowest BCUT2D eigenvalue weighted by atomic mass is 10.0. The maximum absolute atomic E-state index is 12.2. The summed E-state index contributed by atoms with van der Waals surface area (Å²) in [6.45, 7) is 6.44. The highest BCUT2D eigenvalue weighted by Gasteiger charge is 2.29. The number of benzene rings is 2. The highest BCUT2D eigenvalue weighted by molar-refractivity contribution is 5.80. The molecule has 0 N–H and O–H groups in total. The Morgan fingerprint density at radius 3 is 2.62 bits per heavy atom. The van der Waals surface area contributed by atoms with Crippen LogP contribution in [0.15, 0.2) is 54.9 Å². The molecular formula is C24H27N3O2. The van der Waals surface area contributed by atoms with Gasteiger partial charge in [0.15, 0.2) is 0 Å². The first kappa shape index (κ1) is 19.2. The fourth-order valence-corrected chi connectivity index (χ4v) is 4.16. The molecule has 1 amide bonds. The highest BCUT2D eigenvalue weighted by Crippen LogP contribution is 2.35. The van der Waals surface area contributed by atoms with Crippen molar-refractivity contribution < 1.29 is 9.53 Å². The molecule has 1 fully saturated rings. The molecule has 1 aliphatic rings. The first-order chi connectivity index (χ1) is 14.1. The Kier molecular flexibility index (Phi) is 5.38. The van der Waals surface area contributed by atoms with Gasteiger partial charge >= 0.3 is 0 Å². The molecule has 0 saturated carbocycles. The molecule has 1 saturated heterocycles. The molecule has 1 unspecified atom stereocenters. The number of hydrogen-bond acceptors (Lipinski definition) is 3.